The molecular weight excluding hydrogens is 301 g/mol. The van der Waals surface area contributed by atoms with Gasteiger partial charge in [0.2, 0.25) is 0 Å². The van der Waals surface area contributed by atoms with Gasteiger partial charge in [0.25, 0.3) is 5.56 Å². The zero-order valence-corrected chi connectivity index (χ0v) is 12.5. The highest BCUT2D eigenvalue weighted by Crippen LogP contribution is 2.22. The lowest BCUT2D eigenvalue weighted by atomic mass is 10.3. The Morgan fingerprint density at radius 1 is 1.10 bits per heavy atom. The molecule has 0 aliphatic heterocycles. The normalized spacial score (nSPS) is 10.6. The number of nitrogens with one attached hydrogen (secondary N) is 1. The van der Waals surface area contributed by atoms with Crippen molar-refractivity contribution in [2.75, 3.05) is 5.32 Å². The third kappa shape index (κ3) is 3.05. The van der Waals surface area contributed by atoms with Crippen LogP contribution in [0.15, 0.2) is 34.0 Å². The largest absolute Gasteiger partial charge is 0.381 e. The van der Waals surface area contributed by atoms with Crippen molar-refractivity contribution in [2.24, 2.45) is 14.1 Å². The minimum Gasteiger partial charge on any atom is -0.381 e. The average molecular weight is 314 g/mol. The van der Waals surface area contributed by atoms with Gasteiger partial charge in [0.05, 0.1) is 5.56 Å². The Morgan fingerprint density at radius 2 is 1.70 bits per heavy atom. The van der Waals surface area contributed by atoms with Crippen LogP contribution >= 0.6 is 23.2 Å². The first-order chi connectivity index (χ1) is 9.38. The van der Waals surface area contributed by atoms with Crippen molar-refractivity contribution in [3.8, 4) is 0 Å². The first-order valence-electron chi connectivity index (χ1n) is 5.84. The Bertz CT molecular complexity index is 745. The minimum atomic E-state index is -0.357. The van der Waals surface area contributed by atoms with Crippen LogP contribution in [0.2, 0.25) is 10.0 Å². The van der Waals surface area contributed by atoms with E-state index in [0.29, 0.717) is 21.3 Å². The fourth-order valence-electron chi connectivity index (χ4n) is 1.86. The average Bonchev–Trinajstić information content (AvgIpc) is 2.38. The molecular formula is C13H13Cl2N3O2. The standard InChI is InChI=1S/C13H13Cl2N3O2/c1-17-7-8(12(19)18(2)13(17)20)6-16-11-4-9(14)3-10(15)5-11/h3-5,7,16H,6H2,1-2H3. The van der Waals surface area contributed by atoms with Gasteiger partial charge < -0.3 is 9.88 Å². The smallest absolute Gasteiger partial charge is 0.330 e. The third-order valence-electron chi connectivity index (χ3n) is 2.86. The summed E-state index contributed by atoms with van der Waals surface area (Å²) in [6.07, 6.45) is 1.52. The summed E-state index contributed by atoms with van der Waals surface area (Å²) >= 11 is 11.8. The maximum Gasteiger partial charge on any atom is 0.330 e. The molecule has 0 radical (unpaired) electrons. The molecule has 2 rings (SSSR count). The summed E-state index contributed by atoms with van der Waals surface area (Å²) in [4.78, 5) is 23.5. The van der Waals surface area contributed by atoms with Crippen molar-refractivity contribution in [3.05, 3.63) is 60.8 Å². The molecule has 1 aromatic heterocycles. The Morgan fingerprint density at radius 3 is 2.30 bits per heavy atom. The lowest BCUT2D eigenvalue weighted by Gasteiger charge is -2.09. The molecule has 106 valence electrons. The number of nitrogens with zero attached hydrogens (tertiary/aromatic N) is 2. The van der Waals surface area contributed by atoms with E-state index in [1.807, 2.05) is 0 Å². The third-order valence-corrected chi connectivity index (χ3v) is 3.30. The van der Waals surface area contributed by atoms with Crippen LogP contribution in [0.5, 0.6) is 0 Å². The summed E-state index contributed by atoms with van der Waals surface area (Å²) in [5.74, 6) is 0. The van der Waals surface area contributed by atoms with E-state index in [-0.39, 0.29) is 17.8 Å². The lowest BCUT2D eigenvalue weighted by Crippen LogP contribution is -2.38. The Kier molecular flexibility index (Phi) is 4.20. The molecule has 0 saturated heterocycles. The van der Waals surface area contributed by atoms with E-state index in [1.165, 1.54) is 17.8 Å². The second-order valence-corrected chi connectivity index (χ2v) is 5.30. The molecule has 2 aromatic rings. The van der Waals surface area contributed by atoms with Crippen molar-refractivity contribution in [1.82, 2.24) is 9.13 Å². The maximum atomic E-state index is 12.0. The number of hydrogen-bond donors (Lipinski definition) is 1. The van der Waals surface area contributed by atoms with Crippen LogP contribution in [0.3, 0.4) is 0 Å². The van der Waals surface area contributed by atoms with E-state index >= 15 is 0 Å². The van der Waals surface area contributed by atoms with Crippen molar-refractivity contribution < 1.29 is 0 Å². The number of aryl methyl sites for hydroxylation is 1. The second kappa shape index (κ2) is 5.73. The van der Waals surface area contributed by atoms with Crippen LogP contribution in [0.25, 0.3) is 0 Å². The highest BCUT2D eigenvalue weighted by atomic mass is 35.5. The fraction of sp³-hybridized carbons (Fsp3) is 0.231. The van der Waals surface area contributed by atoms with Gasteiger partial charge in [0.1, 0.15) is 0 Å². The molecule has 0 saturated carbocycles. The van der Waals surface area contributed by atoms with Gasteiger partial charge in [-0.25, -0.2) is 4.79 Å². The van der Waals surface area contributed by atoms with Gasteiger partial charge in [-0.3, -0.25) is 9.36 Å². The van der Waals surface area contributed by atoms with Gasteiger partial charge in [-0.15, -0.1) is 0 Å². The van der Waals surface area contributed by atoms with Gasteiger partial charge >= 0.3 is 5.69 Å². The summed E-state index contributed by atoms with van der Waals surface area (Å²) in [5, 5.41) is 4.08. The molecule has 5 nitrogen and oxygen atoms in total. The summed E-state index contributed by atoms with van der Waals surface area (Å²) in [5.41, 5.74) is 0.502. The van der Waals surface area contributed by atoms with E-state index in [4.69, 9.17) is 23.2 Å². The molecule has 1 N–H and O–H groups in total. The van der Waals surface area contributed by atoms with E-state index in [2.05, 4.69) is 5.32 Å². The number of benzene rings is 1. The molecule has 1 aromatic carbocycles. The van der Waals surface area contributed by atoms with Crippen molar-refractivity contribution >= 4 is 28.9 Å². The number of anilines is 1. The summed E-state index contributed by atoms with van der Waals surface area (Å²) in [6.45, 7) is 0.275. The topological polar surface area (TPSA) is 56.0 Å². The molecule has 0 unspecified atom stereocenters. The first kappa shape index (κ1) is 14.7. The van der Waals surface area contributed by atoms with E-state index < -0.39 is 0 Å². The monoisotopic (exact) mass is 313 g/mol. The predicted octanol–water partition coefficient (Wildman–Crippen LogP) is 2.00. The van der Waals surface area contributed by atoms with Crippen LogP contribution in [-0.2, 0) is 20.6 Å². The molecule has 0 spiro atoms. The number of aromatic nitrogens is 2. The van der Waals surface area contributed by atoms with E-state index in [1.54, 1.807) is 25.2 Å². The molecule has 0 atom stereocenters. The van der Waals surface area contributed by atoms with Gasteiger partial charge in [-0.2, -0.15) is 0 Å². The Hall–Kier alpha value is -1.72. The van der Waals surface area contributed by atoms with Crippen LogP contribution in [0.4, 0.5) is 5.69 Å². The zero-order chi connectivity index (χ0) is 14.9. The Labute approximate surface area is 125 Å². The van der Waals surface area contributed by atoms with Crippen molar-refractivity contribution in [1.29, 1.82) is 0 Å². The van der Waals surface area contributed by atoms with Gasteiger partial charge in [0.15, 0.2) is 0 Å². The summed E-state index contributed by atoms with van der Waals surface area (Å²) in [7, 11) is 3.05. The van der Waals surface area contributed by atoms with Crippen LogP contribution in [-0.4, -0.2) is 9.13 Å². The van der Waals surface area contributed by atoms with E-state index in [9.17, 15) is 9.59 Å². The highest BCUT2D eigenvalue weighted by molar-refractivity contribution is 6.35. The van der Waals surface area contributed by atoms with Gasteiger partial charge in [-0.05, 0) is 18.2 Å². The second-order valence-electron chi connectivity index (χ2n) is 4.42. The fourth-order valence-corrected chi connectivity index (χ4v) is 2.38. The van der Waals surface area contributed by atoms with Gasteiger partial charge in [-0.1, -0.05) is 23.2 Å². The predicted molar refractivity (Wildman–Crippen MR) is 80.7 cm³/mol. The molecule has 0 amide bonds. The SMILES string of the molecule is Cn1cc(CNc2cc(Cl)cc(Cl)c2)c(=O)n(C)c1=O. The molecule has 7 heteroatoms. The van der Waals surface area contributed by atoms with Crippen LogP contribution in [0.1, 0.15) is 5.56 Å². The molecule has 20 heavy (non-hydrogen) atoms. The summed E-state index contributed by atoms with van der Waals surface area (Å²) < 4.78 is 2.44. The zero-order valence-electron chi connectivity index (χ0n) is 11.0. The van der Waals surface area contributed by atoms with Crippen LogP contribution < -0.4 is 16.6 Å². The summed E-state index contributed by atoms with van der Waals surface area (Å²) in [6, 6.07) is 5.04. The van der Waals surface area contributed by atoms with Crippen LogP contribution in [0, 0.1) is 0 Å². The number of rotatable bonds is 3. The molecule has 0 aliphatic carbocycles. The first-order valence-corrected chi connectivity index (χ1v) is 6.59. The molecule has 1 heterocycles. The molecule has 0 fully saturated rings. The molecule has 0 bridgehead atoms. The van der Waals surface area contributed by atoms with Gasteiger partial charge in [0, 0.05) is 42.6 Å². The Balaban J connectivity index is 2.28. The van der Waals surface area contributed by atoms with Crippen molar-refractivity contribution in [3.63, 3.8) is 0 Å². The van der Waals surface area contributed by atoms with E-state index in [0.717, 1.165) is 4.57 Å². The maximum absolute atomic E-state index is 12.0. The lowest BCUT2D eigenvalue weighted by molar-refractivity contribution is 0.671. The highest BCUT2D eigenvalue weighted by Gasteiger charge is 2.07. The quantitative estimate of drug-likeness (QED) is 0.943. The molecule has 0 aliphatic rings. The number of halogens is 2. The van der Waals surface area contributed by atoms with Crippen molar-refractivity contribution in [2.45, 2.75) is 6.54 Å². The number of hydrogen-bond acceptors (Lipinski definition) is 3. The minimum absolute atomic E-state index is 0.275.